The second-order valence-corrected chi connectivity index (χ2v) is 9.66. The van der Waals surface area contributed by atoms with E-state index in [2.05, 4.69) is 0 Å². The Morgan fingerprint density at radius 3 is 2.44 bits per heavy atom. The Kier molecular flexibility index (Phi) is 5.23. The zero-order valence-corrected chi connectivity index (χ0v) is 17.1. The average Bonchev–Trinajstić information content (AvgIpc) is 2.70. The Morgan fingerprint density at radius 1 is 1.15 bits per heavy atom. The van der Waals surface area contributed by atoms with Crippen LogP contribution in [-0.2, 0) is 20.4 Å². The van der Waals surface area contributed by atoms with E-state index in [1.54, 1.807) is 35.2 Å². The Morgan fingerprint density at radius 2 is 1.81 bits per heavy atom. The summed E-state index contributed by atoms with van der Waals surface area (Å²) in [6.45, 7) is 6.34. The van der Waals surface area contributed by atoms with Gasteiger partial charge < -0.3 is 9.64 Å². The minimum atomic E-state index is -3.51. The van der Waals surface area contributed by atoms with E-state index in [4.69, 9.17) is 16.3 Å². The second-order valence-electron chi connectivity index (χ2n) is 7.24. The topological polar surface area (TPSA) is 63.7 Å². The summed E-state index contributed by atoms with van der Waals surface area (Å²) in [7, 11) is -3.51. The third-order valence-electron chi connectivity index (χ3n) is 4.57. The largest absolute Gasteiger partial charge is 0.490 e. The van der Waals surface area contributed by atoms with Crippen LogP contribution >= 0.6 is 11.6 Å². The molecule has 0 saturated heterocycles. The zero-order chi connectivity index (χ0) is 19.8. The molecule has 0 unspecified atom stereocenters. The fraction of sp³-hybridized carbons (Fsp3) is 0.350. The van der Waals surface area contributed by atoms with Crippen molar-refractivity contribution in [1.29, 1.82) is 0 Å². The molecule has 27 heavy (non-hydrogen) atoms. The SMILES string of the molecule is CCN1C(=O)C(C)(C)COc2cc(CS(=O)(=O)c3ccc(Cl)cc3)ccc21. The van der Waals surface area contributed by atoms with Crippen LogP contribution in [0.25, 0.3) is 0 Å². The van der Waals surface area contributed by atoms with Crippen molar-refractivity contribution in [3.8, 4) is 5.75 Å². The number of fused-ring (bicyclic) bond motifs is 1. The fourth-order valence-corrected chi connectivity index (χ4v) is 4.50. The van der Waals surface area contributed by atoms with Crippen molar-refractivity contribution in [1.82, 2.24) is 0 Å². The summed E-state index contributed by atoms with van der Waals surface area (Å²) in [4.78, 5) is 14.6. The van der Waals surface area contributed by atoms with Crippen LogP contribution in [0.2, 0.25) is 5.02 Å². The summed E-state index contributed by atoms with van der Waals surface area (Å²) in [6.07, 6.45) is 0. The third kappa shape index (κ3) is 3.96. The van der Waals surface area contributed by atoms with Gasteiger partial charge >= 0.3 is 0 Å². The van der Waals surface area contributed by atoms with Crippen LogP contribution in [0.4, 0.5) is 5.69 Å². The van der Waals surface area contributed by atoms with E-state index in [0.29, 0.717) is 28.6 Å². The van der Waals surface area contributed by atoms with Crippen LogP contribution in [0.15, 0.2) is 47.4 Å². The highest BCUT2D eigenvalue weighted by Crippen LogP contribution is 2.37. The van der Waals surface area contributed by atoms with Crippen molar-refractivity contribution in [2.45, 2.75) is 31.4 Å². The molecule has 144 valence electrons. The lowest BCUT2D eigenvalue weighted by molar-refractivity contribution is -0.127. The van der Waals surface area contributed by atoms with Crippen LogP contribution in [0.3, 0.4) is 0 Å². The number of halogens is 1. The number of ether oxygens (including phenoxy) is 1. The molecule has 7 heteroatoms. The highest BCUT2D eigenvalue weighted by atomic mass is 35.5. The number of hydrogen-bond acceptors (Lipinski definition) is 4. The first-order chi connectivity index (χ1) is 12.6. The Hall–Kier alpha value is -2.05. The minimum Gasteiger partial charge on any atom is -0.490 e. The summed E-state index contributed by atoms with van der Waals surface area (Å²) in [5.41, 5.74) is 0.623. The molecule has 5 nitrogen and oxygen atoms in total. The fourth-order valence-electron chi connectivity index (χ4n) is 3.04. The highest BCUT2D eigenvalue weighted by Gasteiger charge is 2.37. The van der Waals surface area contributed by atoms with E-state index in [9.17, 15) is 13.2 Å². The molecule has 1 heterocycles. The molecule has 2 aromatic carbocycles. The quantitative estimate of drug-likeness (QED) is 0.765. The lowest BCUT2D eigenvalue weighted by Gasteiger charge is -2.26. The minimum absolute atomic E-state index is 0.00899. The van der Waals surface area contributed by atoms with Gasteiger partial charge in [-0.1, -0.05) is 17.7 Å². The van der Waals surface area contributed by atoms with Gasteiger partial charge in [-0.3, -0.25) is 4.79 Å². The Labute approximate surface area is 164 Å². The number of nitrogens with zero attached hydrogens (tertiary/aromatic N) is 1. The van der Waals surface area contributed by atoms with Crippen LogP contribution in [0.1, 0.15) is 26.3 Å². The molecule has 1 amide bonds. The predicted molar refractivity (Wildman–Crippen MR) is 106 cm³/mol. The number of anilines is 1. The van der Waals surface area contributed by atoms with Gasteiger partial charge in [0.15, 0.2) is 9.84 Å². The van der Waals surface area contributed by atoms with Crippen LogP contribution < -0.4 is 9.64 Å². The number of carbonyl (C=O) groups excluding carboxylic acids is 1. The van der Waals surface area contributed by atoms with E-state index in [1.165, 1.54) is 12.1 Å². The molecule has 2 aromatic rings. The smallest absolute Gasteiger partial charge is 0.236 e. The molecule has 1 aliphatic rings. The Bertz CT molecular complexity index is 968. The van der Waals surface area contributed by atoms with E-state index >= 15 is 0 Å². The van der Waals surface area contributed by atoms with Gasteiger partial charge in [0.05, 0.1) is 21.8 Å². The van der Waals surface area contributed by atoms with Crippen molar-refractivity contribution in [3.05, 3.63) is 53.1 Å². The Balaban J connectivity index is 1.94. The average molecular weight is 408 g/mol. The van der Waals surface area contributed by atoms with Crippen molar-refractivity contribution < 1.29 is 17.9 Å². The van der Waals surface area contributed by atoms with Gasteiger partial charge in [-0.05, 0) is 62.7 Å². The van der Waals surface area contributed by atoms with Crippen molar-refractivity contribution in [3.63, 3.8) is 0 Å². The number of rotatable bonds is 4. The summed E-state index contributed by atoms with van der Waals surface area (Å²) in [6, 6.07) is 11.3. The molecule has 0 bridgehead atoms. The molecule has 0 saturated carbocycles. The van der Waals surface area contributed by atoms with Crippen LogP contribution in [-0.4, -0.2) is 27.5 Å². The van der Waals surface area contributed by atoms with Gasteiger partial charge in [0.25, 0.3) is 0 Å². The van der Waals surface area contributed by atoms with E-state index < -0.39 is 15.3 Å². The second kappa shape index (κ2) is 7.17. The maximum atomic E-state index is 12.7. The summed E-state index contributed by atoms with van der Waals surface area (Å²) < 4.78 is 31.2. The first-order valence-electron chi connectivity index (χ1n) is 8.70. The molecular formula is C20H22ClNO4S. The van der Waals surface area contributed by atoms with Gasteiger partial charge in [-0.25, -0.2) is 8.42 Å². The number of carbonyl (C=O) groups is 1. The van der Waals surface area contributed by atoms with Gasteiger partial charge in [0, 0.05) is 11.6 Å². The molecule has 3 rings (SSSR count). The lowest BCUT2D eigenvalue weighted by Crippen LogP contribution is -2.42. The maximum absolute atomic E-state index is 12.7. The van der Waals surface area contributed by atoms with Gasteiger partial charge in [0.1, 0.15) is 12.4 Å². The molecular weight excluding hydrogens is 386 g/mol. The monoisotopic (exact) mass is 407 g/mol. The standard InChI is InChI=1S/C20H22ClNO4S/c1-4-22-17-10-5-14(11-18(17)26-13-20(2,3)19(22)23)12-27(24,25)16-8-6-15(21)7-9-16/h5-11H,4,12-13H2,1-3H3. The molecule has 0 N–H and O–H groups in total. The molecule has 0 fully saturated rings. The van der Waals surface area contributed by atoms with Crippen molar-refractivity contribution in [2.75, 3.05) is 18.1 Å². The van der Waals surface area contributed by atoms with Crippen molar-refractivity contribution in [2.24, 2.45) is 5.41 Å². The lowest BCUT2D eigenvalue weighted by atomic mass is 9.93. The van der Waals surface area contributed by atoms with E-state index in [-0.39, 0.29) is 23.2 Å². The molecule has 0 aromatic heterocycles. The van der Waals surface area contributed by atoms with Gasteiger partial charge in [-0.15, -0.1) is 0 Å². The first kappa shape index (κ1) is 19.7. The zero-order valence-electron chi connectivity index (χ0n) is 15.5. The summed E-state index contributed by atoms with van der Waals surface area (Å²) >= 11 is 5.84. The highest BCUT2D eigenvalue weighted by molar-refractivity contribution is 7.90. The molecule has 0 aliphatic carbocycles. The van der Waals surface area contributed by atoms with E-state index in [1.807, 2.05) is 20.8 Å². The molecule has 0 radical (unpaired) electrons. The molecule has 1 aliphatic heterocycles. The number of amides is 1. The number of sulfone groups is 1. The predicted octanol–water partition coefficient (Wildman–Crippen LogP) is 4.09. The van der Waals surface area contributed by atoms with Gasteiger partial charge in [-0.2, -0.15) is 0 Å². The van der Waals surface area contributed by atoms with Gasteiger partial charge in [0.2, 0.25) is 5.91 Å². The molecule has 0 spiro atoms. The summed E-state index contributed by atoms with van der Waals surface area (Å²) in [5.74, 6) is 0.360. The molecule has 0 atom stereocenters. The first-order valence-corrected chi connectivity index (χ1v) is 10.7. The van der Waals surface area contributed by atoms with Crippen molar-refractivity contribution >= 4 is 33.0 Å². The van der Waals surface area contributed by atoms with Crippen LogP contribution in [0.5, 0.6) is 5.75 Å². The summed E-state index contributed by atoms with van der Waals surface area (Å²) in [5, 5.41) is 0.485. The van der Waals surface area contributed by atoms with Crippen LogP contribution in [0, 0.1) is 5.41 Å². The third-order valence-corrected chi connectivity index (χ3v) is 6.53. The maximum Gasteiger partial charge on any atom is 0.236 e. The number of benzene rings is 2. The normalized spacial score (nSPS) is 16.4. The number of hydrogen-bond donors (Lipinski definition) is 0. The van der Waals surface area contributed by atoms with E-state index in [0.717, 1.165) is 0 Å².